The Morgan fingerprint density at radius 2 is 2.50 bits per heavy atom. The van der Waals surface area contributed by atoms with Crippen molar-refractivity contribution in [1.29, 1.82) is 0 Å². The van der Waals surface area contributed by atoms with E-state index in [1.807, 2.05) is 6.07 Å². The van der Waals surface area contributed by atoms with E-state index in [9.17, 15) is 0 Å². The second-order valence-corrected chi connectivity index (χ2v) is 2.30. The van der Waals surface area contributed by atoms with Crippen LogP contribution in [0.2, 0.25) is 0 Å². The first-order valence-electron chi connectivity index (χ1n) is 3.17. The van der Waals surface area contributed by atoms with Gasteiger partial charge in [0, 0.05) is 18.3 Å². The fourth-order valence-corrected chi connectivity index (χ4v) is 1.10. The van der Waals surface area contributed by atoms with Crippen LogP contribution in [0, 0.1) is 6.04 Å². The molecule has 0 spiro atoms. The number of aromatic nitrogens is 1. The lowest BCUT2D eigenvalue weighted by Crippen LogP contribution is -2.12. The number of hydrogen-bond donors (Lipinski definition) is 2. The fourth-order valence-electron chi connectivity index (χ4n) is 1.10. The van der Waals surface area contributed by atoms with Crippen LogP contribution in [0.4, 0.5) is 5.69 Å². The normalized spacial score (nSPS) is 16.5. The zero-order chi connectivity index (χ0) is 6.97. The Morgan fingerprint density at radius 3 is 3.30 bits per heavy atom. The van der Waals surface area contributed by atoms with Gasteiger partial charge >= 0.3 is 0 Å². The highest BCUT2D eigenvalue weighted by Gasteiger charge is 2.17. The van der Waals surface area contributed by atoms with Crippen molar-refractivity contribution in [3.8, 4) is 0 Å². The lowest BCUT2D eigenvalue weighted by Gasteiger charge is -1.97. The van der Waals surface area contributed by atoms with E-state index in [-0.39, 0.29) is 0 Å². The van der Waals surface area contributed by atoms with Gasteiger partial charge in [-0.25, -0.2) is 0 Å². The quantitative estimate of drug-likeness (QED) is 0.538. The molecule has 0 aromatic carbocycles. The first-order valence-corrected chi connectivity index (χ1v) is 3.17. The van der Waals surface area contributed by atoms with Gasteiger partial charge in [-0.05, 0) is 6.07 Å². The molecular weight excluding hydrogens is 126 g/mol. The molecule has 0 bridgehead atoms. The number of nitrogens with zero attached hydrogens (tertiary/aromatic N) is 1. The van der Waals surface area contributed by atoms with E-state index >= 15 is 0 Å². The van der Waals surface area contributed by atoms with E-state index in [2.05, 4.69) is 10.3 Å². The van der Waals surface area contributed by atoms with E-state index < -0.39 is 0 Å². The van der Waals surface area contributed by atoms with Gasteiger partial charge in [0.2, 0.25) is 0 Å². The lowest BCUT2D eigenvalue weighted by molar-refractivity contribution is 1.07. The number of hydrogen-bond acceptors (Lipinski definition) is 3. The highest BCUT2D eigenvalue weighted by Crippen LogP contribution is 2.24. The standard InChI is InChI=1S/C7H8N3/c8-6-3-10-7-4-9-2-1-5(6)7/h1-2,4,10H,3,8H2. The molecule has 1 radical (unpaired) electrons. The van der Waals surface area contributed by atoms with Gasteiger partial charge < -0.3 is 11.1 Å². The molecular formula is C7H8N3. The van der Waals surface area contributed by atoms with E-state index in [0.717, 1.165) is 23.8 Å². The zero-order valence-corrected chi connectivity index (χ0v) is 5.46. The van der Waals surface area contributed by atoms with Gasteiger partial charge in [-0.15, -0.1) is 0 Å². The van der Waals surface area contributed by atoms with Crippen molar-refractivity contribution in [2.24, 2.45) is 5.73 Å². The third-order valence-corrected chi connectivity index (χ3v) is 1.64. The maximum Gasteiger partial charge on any atom is 0.0848 e. The molecule has 0 aliphatic carbocycles. The Balaban J connectivity index is 2.51. The maximum atomic E-state index is 5.67. The van der Waals surface area contributed by atoms with Gasteiger partial charge in [-0.3, -0.25) is 4.98 Å². The SMILES string of the molecule is N[C]1CNc2cnccc21. The number of fused-ring (bicyclic) bond motifs is 1. The summed E-state index contributed by atoms with van der Waals surface area (Å²) >= 11 is 0. The van der Waals surface area contributed by atoms with Gasteiger partial charge in [-0.2, -0.15) is 0 Å². The third kappa shape index (κ3) is 0.675. The number of rotatable bonds is 0. The maximum absolute atomic E-state index is 5.67. The Bertz CT molecular complexity index is 246. The molecule has 1 aromatic rings. The highest BCUT2D eigenvalue weighted by molar-refractivity contribution is 5.61. The molecule has 2 heterocycles. The molecule has 1 aliphatic heterocycles. The van der Waals surface area contributed by atoms with Gasteiger partial charge in [0.25, 0.3) is 0 Å². The van der Waals surface area contributed by atoms with Crippen LogP contribution >= 0.6 is 0 Å². The van der Waals surface area contributed by atoms with E-state index in [1.54, 1.807) is 12.4 Å². The van der Waals surface area contributed by atoms with Crippen LogP contribution in [0.1, 0.15) is 5.56 Å². The van der Waals surface area contributed by atoms with E-state index in [0.29, 0.717) is 0 Å². The summed E-state index contributed by atoms with van der Waals surface area (Å²) < 4.78 is 0. The first-order chi connectivity index (χ1) is 4.88. The molecule has 0 unspecified atom stereocenters. The highest BCUT2D eigenvalue weighted by atomic mass is 15.0. The molecule has 2 rings (SSSR count). The summed E-state index contributed by atoms with van der Waals surface area (Å²) in [7, 11) is 0. The van der Waals surface area contributed by atoms with Crippen LogP contribution in [0.5, 0.6) is 0 Å². The van der Waals surface area contributed by atoms with Crippen LogP contribution in [-0.4, -0.2) is 11.5 Å². The van der Waals surface area contributed by atoms with Gasteiger partial charge in [-0.1, -0.05) is 0 Å². The number of anilines is 1. The summed E-state index contributed by atoms with van der Waals surface area (Å²) in [5, 5.41) is 3.13. The monoisotopic (exact) mass is 134 g/mol. The fraction of sp³-hybridized carbons (Fsp3) is 0.143. The van der Waals surface area contributed by atoms with Gasteiger partial charge in [0.1, 0.15) is 0 Å². The first kappa shape index (κ1) is 5.68. The molecule has 3 heteroatoms. The minimum absolute atomic E-state index is 0.751. The third-order valence-electron chi connectivity index (χ3n) is 1.64. The molecule has 0 saturated carbocycles. The predicted molar refractivity (Wildman–Crippen MR) is 39.3 cm³/mol. The summed E-state index contributed by atoms with van der Waals surface area (Å²) in [5.41, 5.74) is 7.81. The summed E-state index contributed by atoms with van der Waals surface area (Å²) in [5.74, 6) is 0. The predicted octanol–water partition coefficient (Wildman–Crippen LogP) is 0.346. The second kappa shape index (κ2) is 1.95. The zero-order valence-electron chi connectivity index (χ0n) is 5.46. The van der Waals surface area contributed by atoms with E-state index in [4.69, 9.17) is 5.73 Å². The van der Waals surface area contributed by atoms with Gasteiger partial charge in [0.15, 0.2) is 0 Å². The van der Waals surface area contributed by atoms with Crippen LogP contribution in [0.3, 0.4) is 0 Å². The van der Waals surface area contributed by atoms with Gasteiger partial charge in [0.05, 0.1) is 17.9 Å². The van der Waals surface area contributed by atoms with Crippen molar-refractivity contribution in [2.75, 3.05) is 11.9 Å². The number of pyridine rings is 1. The van der Waals surface area contributed by atoms with Crippen LogP contribution in [0.25, 0.3) is 0 Å². The average Bonchev–Trinajstić information content (AvgIpc) is 2.34. The lowest BCUT2D eigenvalue weighted by atomic mass is 10.1. The van der Waals surface area contributed by atoms with Crippen LogP contribution in [-0.2, 0) is 0 Å². The molecule has 1 aromatic heterocycles. The Morgan fingerprint density at radius 1 is 1.60 bits per heavy atom. The smallest absolute Gasteiger partial charge is 0.0848 e. The minimum atomic E-state index is 0.751. The van der Waals surface area contributed by atoms with E-state index in [1.165, 1.54) is 0 Å². The number of nitrogens with one attached hydrogen (secondary N) is 1. The molecule has 0 saturated heterocycles. The molecule has 0 fully saturated rings. The Labute approximate surface area is 59.3 Å². The molecule has 3 nitrogen and oxygen atoms in total. The Hall–Kier alpha value is -1.09. The molecule has 10 heavy (non-hydrogen) atoms. The topological polar surface area (TPSA) is 50.9 Å². The van der Waals surface area contributed by atoms with Crippen molar-refractivity contribution in [3.63, 3.8) is 0 Å². The van der Waals surface area contributed by atoms with Crippen molar-refractivity contribution in [3.05, 3.63) is 30.1 Å². The molecule has 51 valence electrons. The summed E-state index contributed by atoms with van der Waals surface area (Å²) in [6, 6.07) is 2.82. The second-order valence-electron chi connectivity index (χ2n) is 2.30. The average molecular weight is 134 g/mol. The van der Waals surface area contributed by atoms with Crippen LogP contribution < -0.4 is 11.1 Å². The summed E-state index contributed by atoms with van der Waals surface area (Å²) in [6.07, 6.45) is 3.54. The van der Waals surface area contributed by atoms with Crippen molar-refractivity contribution in [1.82, 2.24) is 4.98 Å². The molecule has 1 aliphatic rings. The Kier molecular flexibility index (Phi) is 1.11. The molecule has 0 amide bonds. The van der Waals surface area contributed by atoms with Crippen molar-refractivity contribution >= 4 is 5.69 Å². The molecule has 3 N–H and O–H groups in total. The molecule has 0 atom stereocenters. The summed E-state index contributed by atoms with van der Waals surface area (Å²) in [6.45, 7) is 0.751. The summed E-state index contributed by atoms with van der Waals surface area (Å²) in [4.78, 5) is 3.96. The van der Waals surface area contributed by atoms with Crippen molar-refractivity contribution in [2.45, 2.75) is 0 Å². The van der Waals surface area contributed by atoms with Crippen LogP contribution in [0.15, 0.2) is 18.5 Å². The number of nitrogens with two attached hydrogens (primary N) is 1. The van der Waals surface area contributed by atoms with Crippen molar-refractivity contribution < 1.29 is 0 Å². The minimum Gasteiger partial charge on any atom is -0.381 e. The largest absolute Gasteiger partial charge is 0.381 e.